The van der Waals surface area contributed by atoms with Crippen molar-refractivity contribution in [2.24, 2.45) is 0 Å². The number of rotatable bonds is 12. The van der Waals surface area contributed by atoms with Crippen molar-refractivity contribution < 1.29 is 19.4 Å². The number of carbonyl (C=O) groups excluding carboxylic acids is 1. The standard InChI is InChI=1S/C30H35N3O4/c1-4-37-29(35)18-27(24-12-11-21(2)25(17-24)19-34)26-13-14-28-30(22(26)3)31-32-33(28)15-8-16-36-20-23-9-6-5-7-10-23/h5-7,9-14,17,27,34H,4,8,15-16,18-20H2,1-3H3. The minimum Gasteiger partial charge on any atom is -0.466 e. The monoisotopic (exact) mass is 501 g/mol. The maximum absolute atomic E-state index is 12.5. The Bertz CT molecular complexity index is 1330. The van der Waals surface area contributed by atoms with Crippen molar-refractivity contribution in [1.29, 1.82) is 0 Å². The molecule has 37 heavy (non-hydrogen) atoms. The van der Waals surface area contributed by atoms with Crippen molar-refractivity contribution in [2.45, 2.75) is 59.3 Å². The van der Waals surface area contributed by atoms with Crippen LogP contribution in [0, 0.1) is 13.8 Å². The molecular formula is C30H35N3O4. The number of hydrogen-bond donors (Lipinski definition) is 1. The lowest BCUT2D eigenvalue weighted by Crippen LogP contribution is -2.13. The summed E-state index contributed by atoms with van der Waals surface area (Å²) < 4.78 is 13.0. The summed E-state index contributed by atoms with van der Waals surface area (Å²) in [6, 6.07) is 20.2. The summed E-state index contributed by atoms with van der Waals surface area (Å²) in [6.45, 7) is 8.03. The van der Waals surface area contributed by atoms with E-state index in [1.807, 2.05) is 67.9 Å². The quantitative estimate of drug-likeness (QED) is 0.211. The molecule has 0 aliphatic rings. The van der Waals surface area contributed by atoms with E-state index in [9.17, 15) is 9.90 Å². The Morgan fingerprint density at radius 2 is 1.89 bits per heavy atom. The highest BCUT2D eigenvalue weighted by Gasteiger charge is 2.23. The molecule has 0 amide bonds. The molecule has 0 aliphatic heterocycles. The van der Waals surface area contributed by atoms with Gasteiger partial charge < -0.3 is 14.6 Å². The zero-order valence-corrected chi connectivity index (χ0v) is 21.8. The van der Waals surface area contributed by atoms with E-state index in [2.05, 4.69) is 28.5 Å². The Morgan fingerprint density at radius 3 is 2.65 bits per heavy atom. The van der Waals surface area contributed by atoms with Crippen LogP contribution in [0.25, 0.3) is 11.0 Å². The Balaban J connectivity index is 1.53. The van der Waals surface area contributed by atoms with Gasteiger partial charge in [0, 0.05) is 19.1 Å². The molecule has 1 N–H and O–H groups in total. The van der Waals surface area contributed by atoms with Crippen molar-refractivity contribution in [3.05, 3.63) is 94.0 Å². The first-order valence-electron chi connectivity index (χ1n) is 12.8. The fourth-order valence-electron chi connectivity index (χ4n) is 4.68. The highest BCUT2D eigenvalue weighted by molar-refractivity contribution is 5.80. The normalized spacial score (nSPS) is 12.1. The molecule has 4 rings (SSSR count). The third-order valence-corrected chi connectivity index (χ3v) is 6.75. The first kappa shape index (κ1) is 26.5. The van der Waals surface area contributed by atoms with Crippen LogP contribution in [0.1, 0.15) is 59.1 Å². The van der Waals surface area contributed by atoms with Crippen LogP contribution in [0.4, 0.5) is 0 Å². The molecular weight excluding hydrogens is 466 g/mol. The van der Waals surface area contributed by atoms with E-state index >= 15 is 0 Å². The fraction of sp³-hybridized carbons (Fsp3) is 0.367. The summed E-state index contributed by atoms with van der Waals surface area (Å²) >= 11 is 0. The van der Waals surface area contributed by atoms with Gasteiger partial charge in [0.25, 0.3) is 0 Å². The third kappa shape index (κ3) is 6.42. The molecule has 1 heterocycles. The predicted molar refractivity (Wildman–Crippen MR) is 143 cm³/mol. The zero-order chi connectivity index (χ0) is 26.2. The SMILES string of the molecule is CCOC(=O)CC(c1ccc(C)c(CO)c1)c1ccc2c(nnn2CCCOCc2ccccc2)c1C. The molecule has 0 fully saturated rings. The number of benzene rings is 3. The van der Waals surface area contributed by atoms with E-state index in [-0.39, 0.29) is 24.9 Å². The molecule has 7 nitrogen and oxygen atoms in total. The minimum absolute atomic E-state index is 0.0484. The van der Waals surface area contributed by atoms with Gasteiger partial charge in [-0.1, -0.05) is 59.8 Å². The highest BCUT2D eigenvalue weighted by Crippen LogP contribution is 2.34. The van der Waals surface area contributed by atoms with Gasteiger partial charge in [-0.2, -0.15) is 0 Å². The van der Waals surface area contributed by atoms with Crippen LogP contribution in [-0.2, 0) is 34.0 Å². The average Bonchev–Trinajstić information content (AvgIpc) is 3.32. The molecule has 7 heteroatoms. The molecule has 0 spiro atoms. The molecule has 4 aromatic rings. The second kappa shape index (κ2) is 12.6. The van der Waals surface area contributed by atoms with E-state index < -0.39 is 0 Å². The van der Waals surface area contributed by atoms with E-state index in [4.69, 9.17) is 9.47 Å². The number of fused-ring (bicyclic) bond motifs is 1. The number of aliphatic hydroxyl groups is 1. The molecule has 1 unspecified atom stereocenters. The van der Waals surface area contributed by atoms with Crippen LogP contribution in [0.15, 0.2) is 60.7 Å². The van der Waals surface area contributed by atoms with Gasteiger partial charge in [0.15, 0.2) is 0 Å². The van der Waals surface area contributed by atoms with Crippen molar-refractivity contribution in [1.82, 2.24) is 15.0 Å². The zero-order valence-electron chi connectivity index (χ0n) is 21.8. The van der Waals surface area contributed by atoms with E-state index in [1.165, 1.54) is 0 Å². The second-order valence-electron chi connectivity index (χ2n) is 9.26. The Morgan fingerprint density at radius 1 is 1.08 bits per heavy atom. The van der Waals surface area contributed by atoms with Gasteiger partial charge in [0.2, 0.25) is 0 Å². The number of aryl methyl sites for hydroxylation is 3. The Hall–Kier alpha value is -3.55. The highest BCUT2D eigenvalue weighted by atomic mass is 16.5. The first-order chi connectivity index (χ1) is 18.0. The van der Waals surface area contributed by atoms with Gasteiger partial charge in [-0.3, -0.25) is 4.79 Å². The van der Waals surface area contributed by atoms with Gasteiger partial charge in [0.05, 0.1) is 31.8 Å². The summed E-state index contributed by atoms with van der Waals surface area (Å²) in [5, 5.41) is 18.7. The van der Waals surface area contributed by atoms with Crippen LogP contribution in [0.3, 0.4) is 0 Å². The molecule has 1 atom stereocenters. The minimum atomic E-state index is -0.253. The van der Waals surface area contributed by atoms with Crippen molar-refractivity contribution in [3.63, 3.8) is 0 Å². The second-order valence-corrected chi connectivity index (χ2v) is 9.26. The van der Waals surface area contributed by atoms with Crippen LogP contribution in [0.5, 0.6) is 0 Å². The average molecular weight is 502 g/mol. The first-order valence-corrected chi connectivity index (χ1v) is 12.8. The number of hydrogen-bond acceptors (Lipinski definition) is 6. The molecule has 194 valence electrons. The number of nitrogens with zero attached hydrogens (tertiary/aromatic N) is 3. The number of aliphatic hydroxyl groups excluding tert-OH is 1. The van der Waals surface area contributed by atoms with E-state index in [0.717, 1.165) is 50.8 Å². The van der Waals surface area contributed by atoms with E-state index in [1.54, 1.807) is 0 Å². The third-order valence-electron chi connectivity index (χ3n) is 6.75. The number of esters is 1. The van der Waals surface area contributed by atoms with Gasteiger partial charge >= 0.3 is 5.97 Å². The largest absolute Gasteiger partial charge is 0.466 e. The molecule has 3 aromatic carbocycles. The summed E-state index contributed by atoms with van der Waals surface area (Å²) in [6.07, 6.45) is 1.03. The van der Waals surface area contributed by atoms with Gasteiger partial charge in [0.1, 0.15) is 5.52 Å². The summed E-state index contributed by atoms with van der Waals surface area (Å²) in [5.74, 6) is -0.469. The molecule has 0 saturated heterocycles. The summed E-state index contributed by atoms with van der Waals surface area (Å²) in [7, 11) is 0. The fourth-order valence-corrected chi connectivity index (χ4v) is 4.68. The summed E-state index contributed by atoms with van der Waals surface area (Å²) in [5.41, 5.74) is 7.78. The Labute approximate surface area is 218 Å². The van der Waals surface area contributed by atoms with Gasteiger partial charge in [-0.05, 0) is 66.6 Å². The molecule has 0 bridgehead atoms. The van der Waals surface area contributed by atoms with Crippen LogP contribution in [-0.4, -0.2) is 39.3 Å². The maximum atomic E-state index is 12.5. The van der Waals surface area contributed by atoms with Crippen molar-refractivity contribution >= 4 is 17.0 Å². The number of aromatic nitrogens is 3. The van der Waals surface area contributed by atoms with E-state index in [0.29, 0.717) is 26.4 Å². The van der Waals surface area contributed by atoms with Crippen LogP contribution >= 0.6 is 0 Å². The van der Waals surface area contributed by atoms with Gasteiger partial charge in [-0.15, -0.1) is 5.10 Å². The smallest absolute Gasteiger partial charge is 0.306 e. The van der Waals surface area contributed by atoms with Crippen molar-refractivity contribution in [2.75, 3.05) is 13.2 Å². The van der Waals surface area contributed by atoms with Gasteiger partial charge in [-0.25, -0.2) is 4.68 Å². The Kier molecular flexibility index (Phi) is 9.04. The summed E-state index contributed by atoms with van der Waals surface area (Å²) in [4.78, 5) is 12.5. The topological polar surface area (TPSA) is 86.5 Å². The molecule has 0 saturated carbocycles. The number of ether oxygens (including phenoxy) is 2. The molecule has 0 radical (unpaired) electrons. The molecule has 1 aromatic heterocycles. The van der Waals surface area contributed by atoms with Crippen LogP contribution in [0.2, 0.25) is 0 Å². The molecule has 0 aliphatic carbocycles. The maximum Gasteiger partial charge on any atom is 0.306 e. The lowest BCUT2D eigenvalue weighted by Gasteiger charge is -2.21. The lowest BCUT2D eigenvalue weighted by atomic mass is 9.84. The van der Waals surface area contributed by atoms with Crippen LogP contribution < -0.4 is 0 Å². The predicted octanol–water partition coefficient (Wildman–Crippen LogP) is 5.23. The number of carbonyl (C=O) groups is 1. The lowest BCUT2D eigenvalue weighted by molar-refractivity contribution is -0.143. The van der Waals surface area contributed by atoms with Crippen molar-refractivity contribution in [3.8, 4) is 0 Å².